The van der Waals surface area contributed by atoms with Gasteiger partial charge in [0.05, 0.1) is 29.7 Å². The van der Waals surface area contributed by atoms with E-state index in [1.807, 2.05) is 0 Å². The van der Waals surface area contributed by atoms with Crippen molar-refractivity contribution in [3.8, 4) is 18.1 Å². The molecule has 1 aliphatic heterocycles. The molecule has 0 bridgehead atoms. The molecule has 3 aromatic rings. The lowest BCUT2D eigenvalue weighted by molar-refractivity contribution is -0.137. The topological polar surface area (TPSA) is 88.5 Å². The van der Waals surface area contributed by atoms with Crippen molar-refractivity contribution in [2.45, 2.75) is 38.6 Å². The maximum Gasteiger partial charge on any atom is 0.416 e. The number of carbonyl (C=O) groups is 2. The predicted molar refractivity (Wildman–Crippen MR) is 127 cm³/mol. The van der Waals surface area contributed by atoms with Gasteiger partial charge in [0.2, 0.25) is 5.91 Å². The largest absolute Gasteiger partial charge is 0.491 e. The Morgan fingerprint density at radius 3 is 2.57 bits per heavy atom. The number of halogens is 4. The Labute approximate surface area is 212 Å². The number of amides is 2. The summed E-state index contributed by atoms with van der Waals surface area (Å²) in [5.74, 6) is 0.742. The molecule has 1 fully saturated rings. The zero-order valence-electron chi connectivity index (χ0n) is 19.5. The van der Waals surface area contributed by atoms with Gasteiger partial charge in [0.15, 0.2) is 5.01 Å². The predicted octanol–water partition coefficient (Wildman–Crippen LogP) is 4.31. The number of terminal acetylenes is 1. The quantitative estimate of drug-likeness (QED) is 0.267. The number of nitrogens with zero attached hydrogens (tertiary/aromatic N) is 5. The van der Waals surface area contributed by atoms with Crippen molar-refractivity contribution in [3.63, 3.8) is 0 Å². The highest BCUT2D eigenvalue weighted by Crippen LogP contribution is 2.38. The van der Waals surface area contributed by atoms with Gasteiger partial charge in [-0.25, -0.2) is 15.0 Å². The van der Waals surface area contributed by atoms with Gasteiger partial charge in [-0.05, 0) is 38.3 Å². The first-order chi connectivity index (χ1) is 17.5. The number of anilines is 2. The fourth-order valence-corrected chi connectivity index (χ4v) is 4.43. The summed E-state index contributed by atoms with van der Waals surface area (Å²) in [7, 11) is 0. The average molecular weight is 534 g/mol. The van der Waals surface area contributed by atoms with Gasteiger partial charge in [-0.1, -0.05) is 0 Å². The third-order valence-electron chi connectivity index (χ3n) is 5.34. The van der Waals surface area contributed by atoms with E-state index in [4.69, 9.17) is 11.2 Å². The maximum absolute atomic E-state index is 13.8. The zero-order chi connectivity index (χ0) is 26.9. The molecule has 1 unspecified atom stereocenters. The Balaban J connectivity index is 1.82. The fourth-order valence-electron chi connectivity index (χ4n) is 3.83. The summed E-state index contributed by atoms with van der Waals surface area (Å²) in [5, 5.41) is 1.56. The van der Waals surface area contributed by atoms with Gasteiger partial charge < -0.3 is 9.64 Å². The van der Waals surface area contributed by atoms with Crippen LogP contribution >= 0.6 is 11.3 Å². The molecule has 2 aromatic heterocycles. The highest BCUT2D eigenvalue weighted by Gasteiger charge is 2.42. The summed E-state index contributed by atoms with van der Waals surface area (Å²) < 4.78 is 60.0. The van der Waals surface area contributed by atoms with E-state index in [1.165, 1.54) is 16.3 Å². The monoisotopic (exact) mass is 533 g/mol. The van der Waals surface area contributed by atoms with E-state index in [0.29, 0.717) is 0 Å². The molecule has 0 N–H and O–H groups in total. The van der Waals surface area contributed by atoms with E-state index in [1.54, 1.807) is 13.8 Å². The van der Waals surface area contributed by atoms with Gasteiger partial charge in [-0.15, -0.1) is 17.8 Å². The smallest absolute Gasteiger partial charge is 0.416 e. The van der Waals surface area contributed by atoms with Crippen LogP contribution in [0.4, 0.5) is 28.9 Å². The van der Waals surface area contributed by atoms with Crippen LogP contribution in [0.15, 0.2) is 36.0 Å². The fraction of sp³-hybridized carbons (Fsp3) is 0.292. The molecule has 0 saturated carbocycles. The van der Waals surface area contributed by atoms with Gasteiger partial charge in [0.1, 0.15) is 17.5 Å². The molecule has 3 heterocycles. The van der Waals surface area contributed by atoms with Crippen LogP contribution in [0, 0.1) is 18.4 Å². The van der Waals surface area contributed by atoms with Crippen LogP contribution in [0.5, 0.6) is 5.75 Å². The summed E-state index contributed by atoms with van der Waals surface area (Å²) >= 11 is 1.00. The molecule has 192 valence electrons. The second kappa shape index (κ2) is 10.1. The molecular weight excluding hydrogens is 514 g/mol. The van der Waals surface area contributed by atoms with Gasteiger partial charge in [0.25, 0.3) is 5.91 Å². The van der Waals surface area contributed by atoms with Crippen LogP contribution in [-0.2, 0) is 11.0 Å². The van der Waals surface area contributed by atoms with E-state index in [-0.39, 0.29) is 40.8 Å². The second-order valence-corrected chi connectivity index (χ2v) is 9.10. The summed E-state index contributed by atoms with van der Waals surface area (Å²) in [6, 6.07) is 1.66. The first-order valence-electron chi connectivity index (χ1n) is 10.9. The normalized spacial score (nSPS) is 15.7. The Bertz CT molecular complexity index is 1370. The lowest BCUT2D eigenvalue weighted by atomic mass is 10.1. The minimum absolute atomic E-state index is 0.0602. The summed E-state index contributed by atoms with van der Waals surface area (Å²) in [6.07, 6.45) is 1.42. The molecule has 4 rings (SSSR count). The van der Waals surface area contributed by atoms with E-state index >= 15 is 0 Å². The lowest BCUT2D eigenvalue weighted by Gasteiger charge is -2.29. The van der Waals surface area contributed by atoms with Crippen LogP contribution in [0.2, 0.25) is 0 Å². The first-order valence-corrected chi connectivity index (χ1v) is 11.8. The molecule has 0 spiro atoms. The highest BCUT2D eigenvalue weighted by molar-refractivity contribution is 7.10. The average Bonchev–Trinajstić information content (AvgIpc) is 3.46. The number of hydrogen-bond acceptors (Lipinski definition) is 7. The molecule has 1 saturated heterocycles. The molecule has 8 nitrogen and oxygen atoms in total. The molecule has 1 aliphatic rings. The minimum atomic E-state index is -4.76. The van der Waals surface area contributed by atoms with Crippen molar-refractivity contribution in [2.24, 2.45) is 0 Å². The summed E-state index contributed by atoms with van der Waals surface area (Å²) in [4.78, 5) is 40.2. The van der Waals surface area contributed by atoms with Gasteiger partial charge >= 0.3 is 12.3 Å². The molecule has 37 heavy (non-hydrogen) atoms. The molecule has 1 aromatic carbocycles. The lowest BCUT2D eigenvalue weighted by Crippen LogP contribution is -2.46. The Hall–Kier alpha value is -4.05. The SMILES string of the molecule is C#Cc1nc(C(=O)N(c2cc(OC(C)C)cc(C(F)(F)F)c2)C2CCN(c3cnc(F)nc3)C2=O)cs1. The summed E-state index contributed by atoms with van der Waals surface area (Å²) in [5.41, 5.74) is -1.22. The van der Waals surface area contributed by atoms with Crippen molar-refractivity contribution in [2.75, 3.05) is 16.3 Å². The van der Waals surface area contributed by atoms with Crippen LogP contribution in [0.3, 0.4) is 0 Å². The number of carbonyl (C=O) groups excluding carboxylic acids is 2. The van der Waals surface area contributed by atoms with Crippen molar-refractivity contribution >= 4 is 34.5 Å². The molecular formula is C24H19F4N5O3S. The van der Waals surface area contributed by atoms with Crippen LogP contribution in [0.1, 0.15) is 41.3 Å². The van der Waals surface area contributed by atoms with Crippen LogP contribution < -0.4 is 14.5 Å². The Kier molecular flexibility index (Phi) is 7.13. The van der Waals surface area contributed by atoms with Gasteiger partial charge in [0, 0.05) is 23.7 Å². The second-order valence-electron chi connectivity index (χ2n) is 8.24. The van der Waals surface area contributed by atoms with E-state index in [2.05, 4.69) is 20.9 Å². The zero-order valence-corrected chi connectivity index (χ0v) is 20.3. The number of hydrogen-bond donors (Lipinski definition) is 0. The third kappa shape index (κ3) is 5.54. The summed E-state index contributed by atoms with van der Waals surface area (Å²) in [6.45, 7) is 3.37. The molecule has 2 amide bonds. The Morgan fingerprint density at radius 2 is 1.97 bits per heavy atom. The third-order valence-corrected chi connectivity index (χ3v) is 6.11. The van der Waals surface area contributed by atoms with Crippen molar-refractivity contribution < 1.29 is 31.9 Å². The number of rotatable bonds is 6. The number of aromatic nitrogens is 3. The van der Waals surface area contributed by atoms with E-state index < -0.39 is 41.8 Å². The maximum atomic E-state index is 13.8. The highest BCUT2D eigenvalue weighted by atomic mass is 32.1. The van der Waals surface area contributed by atoms with Crippen molar-refractivity contribution in [1.29, 1.82) is 0 Å². The van der Waals surface area contributed by atoms with Crippen molar-refractivity contribution in [1.82, 2.24) is 15.0 Å². The number of alkyl halides is 3. The van der Waals surface area contributed by atoms with Gasteiger partial charge in [-0.3, -0.25) is 14.5 Å². The number of benzene rings is 1. The number of thiazole rings is 1. The standard InChI is InChI=1S/C24H19F4N5O3S/c1-4-20-31-18(12-37-20)21(34)33(15-7-14(24(26,27)28)8-17(9-15)36-13(2)3)19-5-6-32(22(19)35)16-10-29-23(25)30-11-16/h1,7-13,19H,5-6H2,2-3H3. The van der Waals surface area contributed by atoms with Gasteiger partial charge in [-0.2, -0.15) is 17.6 Å². The van der Waals surface area contributed by atoms with Crippen LogP contribution in [0.25, 0.3) is 0 Å². The molecule has 13 heteroatoms. The van der Waals surface area contributed by atoms with E-state index in [9.17, 15) is 27.2 Å². The Morgan fingerprint density at radius 1 is 1.27 bits per heavy atom. The first kappa shape index (κ1) is 26.0. The van der Waals surface area contributed by atoms with E-state index in [0.717, 1.165) is 40.8 Å². The molecule has 0 radical (unpaired) electrons. The number of ether oxygens (including phenoxy) is 1. The molecule has 0 aliphatic carbocycles. The molecule has 1 atom stereocenters. The minimum Gasteiger partial charge on any atom is -0.491 e. The van der Waals surface area contributed by atoms with Crippen LogP contribution in [-0.4, -0.2) is 45.5 Å². The van der Waals surface area contributed by atoms with Crippen molar-refractivity contribution in [3.05, 3.63) is 58.3 Å².